The number of nitrogens with zero attached hydrogens (tertiary/aromatic N) is 1. The zero-order chi connectivity index (χ0) is 19.2. The van der Waals surface area contributed by atoms with Crippen molar-refractivity contribution in [3.8, 4) is 0 Å². The minimum atomic E-state index is -0.221. The van der Waals surface area contributed by atoms with E-state index in [1.807, 2.05) is 41.3 Å². The van der Waals surface area contributed by atoms with Crippen molar-refractivity contribution in [3.63, 3.8) is 0 Å². The minimum Gasteiger partial charge on any atom is -0.342 e. The van der Waals surface area contributed by atoms with Gasteiger partial charge in [-0.2, -0.15) is 0 Å². The highest BCUT2D eigenvalue weighted by Gasteiger charge is 2.24. The lowest BCUT2D eigenvalue weighted by molar-refractivity contribution is -0.131. The van der Waals surface area contributed by atoms with Crippen LogP contribution in [0.3, 0.4) is 0 Å². The van der Waals surface area contributed by atoms with E-state index in [0.29, 0.717) is 29.6 Å². The van der Waals surface area contributed by atoms with Crippen molar-refractivity contribution >= 4 is 40.8 Å². The van der Waals surface area contributed by atoms with Crippen LogP contribution in [0.2, 0.25) is 10.0 Å². The summed E-state index contributed by atoms with van der Waals surface area (Å²) in [6.45, 7) is 1.24. The summed E-state index contributed by atoms with van der Waals surface area (Å²) in [5.74, 6) is 0.0561. The summed E-state index contributed by atoms with van der Waals surface area (Å²) in [6.07, 6.45) is 1.76. The summed E-state index contributed by atoms with van der Waals surface area (Å²) in [4.78, 5) is 26.4. The molecule has 1 aliphatic heterocycles. The van der Waals surface area contributed by atoms with E-state index in [1.54, 1.807) is 12.1 Å². The Kier molecular flexibility index (Phi) is 6.58. The topological polar surface area (TPSA) is 61.4 Å². The van der Waals surface area contributed by atoms with Crippen molar-refractivity contribution in [2.45, 2.75) is 25.3 Å². The summed E-state index contributed by atoms with van der Waals surface area (Å²) in [5, 5.41) is 6.72. The van der Waals surface area contributed by atoms with Crippen LogP contribution in [0.25, 0.3) is 0 Å². The number of para-hydroxylation sites is 1. The van der Waals surface area contributed by atoms with Crippen molar-refractivity contribution in [2.75, 3.05) is 18.4 Å². The molecule has 0 spiro atoms. The summed E-state index contributed by atoms with van der Waals surface area (Å²) in [7, 11) is 0. The van der Waals surface area contributed by atoms with Gasteiger partial charge in [0, 0.05) is 24.8 Å². The van der Waals surface area contributed by atoms with Gasteiger partial charge in [0.2, 0.25) is 5.91 Å². The van der Waals surface area contributed by atoms with Gasteiger partial charge in [0.25, 0.3) is 0 Å². The number of nitrogens with one attached hydrogen (secondary N) is 2. The van der Waals surface area contributed by atoms with Crippen molar-refractivity contribution in [2.24, 2.45) is 0 Å². The fraction of sp³-hybridized carbons (Fsp3) is 0.300. The van der Waals surface area contributed by atoms with Gasteiger partial charge < -0.3 is 15.5 Å². The first-order valence-electron chi connectivity index (χ1n) is 8.85. The van der Waals surface area contributed by atoms with Crippen LogP contribution >= 0.6 is 23.2 Å². The van der Waals surface area contributed by atoms with Gasteiger partial charge in [0.1, 0.15) is 0 Å². The molecule has 7 heteroatoms. The maximum Gasteiger partial charge on any atom is 0.319 e. The molecular weight excluding hydrogens is 385 g/mol. The van der Waals surface area contributed by atoms with Gasteiger partial charge in [0.15, 0.2) is 0 Å². The van der Waals surface area contributed by atoms with Gasteiger partial charge >= 0.3 is 6.03 Å². The molecule has 0 radical (unpaired) electrons. The highest BCUT2D eigenvalue weighted by molar-refractivity contribution is 6.42. The summed E-state index contributed by atoms with van der Waals surface area (Å²) in [6, 6.07) is 14.4. The molecule has 142 valence electrons. The van der Waals surface area contributed by atoms with Gasteiger partial charge in [-0.1, -0.05) is 47.5 Å². The number of hydrogen-bond acceptors (Lipinski definition) is 2. The second-order valence-corrected chi connectivity index (χ2v) is 7.36. The molecule has 0 saturated carbocycles. The predicted octanol–water partition coefficient (Wildman–Crippen LogP) is 4.35. The molecule has 1 saturated heterocycles. The zero-order valence-electron chi connectivity index (χ0n) is 14.8. The van der Waals surface area contributed by atoms with Gasteiger partial charge in [-0.25, -0.2) is 4.79 Å². The number of rotatable bonds is 4. The third kappa shape index (κ3) is 5.62. The van der Waals surface area contributed by atoms with Gasteiger partial charge in [-0.05, 0) is 42.7 Å². The van der Waals surface area contributed by atoms with Crippen LogP contribution in [0.1, 0.15) is 18.4 Å². The van der Waals surface area contributed by atoms with Crippen molar-refractivity contribution in [1.29, 1.82) is 0 Å². The largest absolute Gasteiger partial charge is 0.342 e. The number of carbonyl (C=O) groups excluding carboxylic acids is 2. The Balaban J connectivity index is 1.44. The van der Waals surface area contributed by atoms with Gasteiger partial charge in [0.05, 0.1) is 16.5 Å². The number of halogens is 2. The first-order chi connectivity index (χ1) is 13.0. The number of hydrogen-bond donors (Lipinski definition) is 2. The highest BCUT2D eigenvalue weighted by Crippen LogP contribution is 2.23. The third-order valence-corrected chi connectivity index (χ3v) is 5.29. The van der Waals surface area contributed by atoms with Crippen LogP contribution in [0.15, 0.2) is 48.5 Å². The fourth-order valence-corrected chi connectivity index (χ4v) is 3.40. The first kappa shape index (κ1) is 19.5. The smallest absolute Gasteiger partial charge is 0.319 e. The SMILES string of the molecule is O=C(Nc1ccccc1)NC1CCN(C(=O)Cc2ccc(Cl)c(Cl)c2)CC1. The molecule has 0 unspecified atom stereocenters. The molecule has 5 nitrogen and oxygen atoms in total. The number of likely N-dealkylation sites (tertiary alicyclic amines) is 1. The molecule has 3 amide bonds. The Morgan fingerprint density at radius 2 is 1.70 bits per heavy atom. The van der Waals surface area contributed by atoms with E-state index in [2.05, 4.69) is 10.6 Å². The van der Waals surface area contributed by atoms with E-state index < -0.39 is 0 Å². The normalized spacial score (nSPS) is 14.7. The molecule has 2 aromatic carbocycles. The monoisotopic (exact) mass is 405 g/mol. The Bertz CT molecular complexity index is 806. The first-order valence-corrected chi connectivity index (χ1v) is 9.61. The summed E-state index contributed by atoms with van der Waals surface area (Å²) >= 11 is 11.9. The third-order valence-electron chi connectivity index (χ3n) is 4.55. The van der Waals surface area contributed by atoms with Crippen molar-refractivity contribution in [3.05, 3.63) is 64.1 Å². The Labute approximate surface area is 168 Å². The summed E-state index contributed by atoms with van der Waals surface area (Å²) < 4.78 is 0. The quantitative estimate of drug-likeness (QED) is 0.793. The van der Waals surface area contributed by atoms with E-state index in [0.717, 1.165) is 24.1 Å². The molecule has 0 aromatic heterocycles. The lowest BCUT2D eigenvalue weighted by atomic mass is 10.0. The molecule has 1 heterocycles. The Morgan fingerprint density at radius 3 is 2.37 bits per heavy atom. The molecule has 3 rings (SSSR count). The van der Waals surface area contributed by atoms with E-state index in [4.69, 9.17) is 23.2 Å². The predicted molar refractivity (Wildman–Crippen MR) is 108 cm³/mol. The fourth-order valence-electron chi connectivity index (χ4n) is 3.08. The maximum atomic E-state index is 12.5. The average molecular weight is 406 g/mol. The van der Waals surface area contributed by atoms with Crippen LogP contribution in [0.5, 0.6) is 0 Å². The van der Waals surface area contributed by atoms with E-state index in [1.165, 1.54) is 0 Å². The molecule has 1 aliphatic rings. The molecule has 27 heavy (non-hydrogen) atoms. The molecule has 1 fully saturated rings. The zero-order valence-corrected chi connectivity index (χ0v) is 16.3. The number of amides is 3. The van der Waals surface area contributed by atoms with Crippen molar-refractivity contribution in [1.82, 2.24) is 10.2 Å². The summed E-state index contributed by atoms with van der Waals surface area (Å²) in [5.41, 5.74) is 1.60. The van der Waals surface area contributed by atoms with Gasteiger partial charge in [-0.3, -0.25) is 4.79 Å². The molecular formula is C20H21Cl2N3O2. The Morgan fingerprint density at radius 1 is 1.00 bits per heavy atom. The van der Waals surface area contributed by atoms with Crippen LogP contribution in [0, 0.1) is 0 Å². The molecule has 0 bridgehead atoms. The van der Waals surface area contributed by atoms with Gasteiger partial charge in [-0.15, -0.1) is 0 Å². The van der Waals surface area contributed by atoms with E-state index in [-0.39, 0.29) is 18.0 Å². The minimum absolute atomic E-state index is 0.0561. The number of piperidine rings is 1. The standard InChI is InChI=1S/C20H21Cl2N3O2/c21-17-7-6-14(12-18(17)22)13-19(26)25-10-8-16(9-11-25)24-20(27)23-15-4-2-1-3-5-15/h1-7,12,16H,8-11,13H2,(H2,23,24,27). The number of urea groups is 1. The number of carbonyl (C=O) groups is 2. The number of anilines is 1. The number of benzene rings is 2. The van der Waals surface area contributed by atoms with E-state index in [9.17, 15) is 9.59 Å². The van der Waals surface area contributed by atoms with Crippen LogP contribution in [0.4, 0.5) is 10.5 Å². The maximum absolute atomic E-state index is 12.5. The second kappa shape index (κ2) is 9.11. The second-order valence-electron chi connectivity index (χ2n) is 6.54. The molecule has 2 aromatic rings. The van der Waals surface area contributed by atoms with E-state index >= 15 is 0 Å². The van der Waals surface area contributed by atoms with Crippen molar-refractivity contribution < 1.29 is 9.59 Å². The molecule has 0 aliphatic carbocycles. The average Bonchev–Trinajstić information content (AvgIpc) is 2.66. The molecule has 0 atom stereocenters. The van der Waals surface area contributed by atoms with Crippen LogP contribution in [-0.4, -0.2) is 36.0 Å². The van der Waals surface area contributed by atoms with Crippen LogP contribution < -0.4 is 10.6 Å². The molecule has 2 N–H and O–H groups in total. The highest BCUT2D eigenvalue weighted by atomic mass is 35.5. The lowest BCUT2D eigenvalue weighted by Gasteiger charge is -2.32. The Hall–Kier alpha value is -2.24. The lowest BCUT2D eigenvalue weighted by Crippen LogP contribution is -2.47. The van der Waals surface area contributed by atoms with Crippen LogP contribution in [-0.2, 0) is 11.2 Å².